The highest BCUT2D eigenvalue weighted by molar-refractivity contribution is 6.34. The molecule has 2 aromatic carbocycles. The number of nitrogens with one attached hydrogen (secondary N) is 2. The maximum Gasteiger partial charge on any atom is 0.230 e. The molecule has 0 spiro atoms. The molecule has 6 nitrogen and oxygen atoms in total. The van der Waals surface area contributed by atoms with Crippen LogP contribution in [0.25, 0.3) is 11.3 Å². The molecule has 2 aliphatic rings. The number of fused-ring (bicyclic) bond motifs is 1. The highest BCUT2D eigenvalue weighted by Gasteiger charge is 2.23. The van der Waals surface area contributed by atoms with Crippen LogP contribution in [0.5, 0.6) is 0 Å². The Morgan fingerprint density at radius 2 is 2.03 bits per heavy atom. The summed E-state index contributed by atoms with van der Waals surface area (Å²) >= 11 is 6.43. The number of hydrogen-bond acceptors (Lipinski definition) is 5. The van der Waals surface area contributed by atoms with Crippen molar-refractivity contribution in [2.75, 3.05) is 17.2 Å². The maximum atomic E-state index is 12.5. The number of aliphatic imine (C=N–C) groups is 1. The van der Waals surface area contributed by atoms with Crippen molar-refractivity contribution in [3.8, 4) is 11.3 Å². The van der Waals surface area contributed by atoms with E-state index in [1.54, 1.807) is 6.07 Å². The van der Waals surface area contributed by atoms with Crippen LogP contribution in [-0.4, -0.2) is 23.3 Å². The molecular weight excluding hydrogens is 400 g/mol. The third-order valence-electron chi connectivity index (χ3n) is 5.33. The summed E-state index contributed by atoms with van der Waals surface area (Å²) in [6, 6.07) is 13.4. The van der Waals surface area contributed by atoms with Crippen molar-refractivity contribution >= 4 is 40.3 Å². The van der Waals surface area contributed by atoms with Gasteiger partial charge in [-0.05, 0) is 49.4 Å². The predicted molar refractivity (Wildman–Crippen MR) is 119 cm³/mol. The van der Waals surface area contributed by atoms with Gasteiger partial charge in [-0.15, -0.1) is 0 Å². The van der Waals surface area contributed by atoms with E-state index >= 15 is 0 Å². The normalized spacial score (nSPS) is 15.8. The molecule has 3 aromatic rings. The molecule has 30 heavy (non-hydrogen) atoms. The van der Waals surface area contributed by atoms with Gasteiger partial charge in [0, 0.05) is 18.2 Å². The summed E-state index contributed by atoms with van der Waals surface area (Å²) in [5, 5.41) is 10.9. The van der Waals surface area contributed by atoms with Crippen LogP contribution in [0.1, 0.15) is 30.5 Å². The molecule has 2 N–H and O–H groups in total. The number of rotatable bonds is 5. The van der Waals surface area contributed by atoms with E-state index in [9.17, 15) is 4.79 Å². The lowest BCUT2D eigenvalue weighted by atomic mass is 10.0. The van der Waals surface area contributed by atoms with E-state index in [0.29, 0.717) is 27.9 Å². The summed E-state index contributed by atoms with van der Waals surface area (Å²) in [7, 11) is 0. The number of benzene rings is 2. The molecule has 1 fully saturated rings. The second-order valence-electron chi connectivity index (χ2n) is 7.87. The molecule has 0 unspecified atom stereocenters. The summed E-state index contributed by atoms with van der Waals surface area (Å²) < 4.78 is 5.38. The van der Waals surface area contributed by atoms with Gasteiger partial charge in [-0.2, -0.15) is 0 Å². The van der Waals surface area contributed by atoms with Crippen LogP contribution in [0.4, 0.5) is 17.1 Å². The molecule has 0 saturated heterocycles. The van der Waals surface area contributed by atoms with E-state index < -0.39 is 0 Å². The summed E-state index contributed by atoms with van der Waals surface area (Å²) in [4.78, 5) is 17.4. The van der Waals surface area contributed by atoms with Gasteiger partial charge < -0.3 is 15.2 Å². The van der Waals surface area contributed by atoms with E-state index in [4.69, 9.17) is 21.1 Å². The molecule has 0 radical (unpaired) electrons. The average molecular weight is 421 g/mol. The summed E-state index contributed by atoms with van der Waals surface area (Å²) in [6.07, 6.45) is 2.69. The quantitative estimate of drug-likeness (QED) is 0.564. The van der Waals surface area contributed by atoms with Crippen LogP contribution >= 0.6 is 11.6 Å². The largest absolute Gasteiger partial charge is 0.383 e. The van der Waals surface area contributed by atoms with Crippen molar-refractivity contribution in [2.45, 2.75) is 26.2 Å². The van der Waals surface area contributed by atoms with Crippen molar-refractivity contribution in [2.24, 2.45) is 10.9 Å². The Labute approximate surface area is 179 Å². The van der Waals surface area contributed by atoms with Crippen LogP contribution in [0, 0.1) is 12.8 Å². The number of hydrogen-bond donors (Lipinski definition) is 2. The monoisotopic (exact) mass is 420 g/mol. The lowest BCUT2D eigenvalue weighted by molar-refractivity contribution is -0.115. The van der Waals surface area contributed by atoms with Crippen molar-refractivity contribution in [1.82, 2.24) is 5.16 Å². The van der Waals surface area contributed by atoms with E-state index in [-0.39, 0.29) is 12.3 Å². The van der Waals surface area contributed by atoms with Gasteiger partial charge in [-0.25, -0.2) is 0 Å². The minimum atomic E-state index is -0.122. The zero-order chi connectivity index (χ0) is 20.7. The fourth-order valence-corrected chi connectivity index (χ4v) is 3.75. The first kappa shape index (κ1) is 18.9. The molecule has 1 aliphatic heterocycles. The molecule has 1 aromatic heterocycles. The minimum absolute atomic E-state index is 0.122. The SMILES string of the molecule is Cc1cc(-c2cccc(C3=Nc4cc(NCC5CC5)c(Cl)cc4NC(=O)C3)c2)on1. The molecule has 1 amide bonds. The molecular formula is C23H21ClN4O2. The molecule has 0 bridgehead atoms. The van der Waals surface area contributed by atoms with Gasteiger partial charge in [0.1, 0.15) is 0 Å². The third-order valence-corrected chi connectivity index (χ3v) is 5.64. The highest BCUT2D eigenvalue weighted by Crippen LogP contribution is 2.38. The average Bonchev–Trinajstić information content (AvgIpc) is 3.48. The van der Waals surface area contributed by atoms with E-state index in [2.05, 4.69) is 15.8 Å². The smallest absolute Gasteiger partial charge is 0.230 e. The Hall–Kier alpha value is -3.12. The van der Waals surface area contributed by atoms with Crippen molar-refractivity contribution in [1.29, 1.82) is 0 Å². The number of amides is 1. The first-order valence-electron chi connectivity index (χ1n) is 10.0. The topological polar surface area (TPSA) is 79.5 Å². The van der Waals surface area contributed by atoms with Crippen LogP contribution in [0.3, 0.4) is 0 Å². The first-order valence-corrected chi connectivity index (χ1v) is 10.4. The van der Waals surface area contributed by atoms with Crippen LogP contribution in [0.15, 0.2) is 52.0 Å². The van der Waals surface area contributed by atoms with Crippen LogP contribution in [0.2, 0.25) is 5.02 Å². The Kier molecular flexibility index (Phi) is 4.79. The van der Waals surface area contributed by atoms with Crippen LogP contribution < -0.4 is 10.6 Å². The van der Waals surface area contributed by atoms with E-state index in [0.717, 1.165) is 35.0 Å². The summed E-state index contributed by atoms with van der Waals surface area (Å²) in [5.74, 6) is 1.29. The number of carbonyl (C=O) groups is 1. The zero-order valence-corrected chi connectivity index (χ0v) is 17.3. The minimum Gasteiger partial charge on any atom is -0.383 e. The molecule has 152 valence electrons. The number of nitrogens with zero attached hydrogens (tertiary/aromatic N) is 2. The van der Waals surface area contributed by atoms with Gasteiger partial charge in [0.15, 0.2) is 5.76 Å². The second kappa shape index (κ2) is 7.61. The summed E-state index contributed by atoms with van der Waals surface area (Å²) in [5.41, 5.74) is 5.43. The van der Waals surface area contributed by atoms with E-state index in [1.165, 1.54) is 12.8 Å². The second-order valence-corrected chi connectivity index (χ2v) is 8.28. The lowest BCUT2D eigenvalue weighted by Gasteiger charge is -2.12. The Morgan fingerprint density at radius 1 is 1.20 bits per heavy atom. The van der Waals surface area contributed by atoms with Crippen molar-refractivity contribution in [3.63, 3.8) is 0 Å². The van der Waals surface area contributed by atoms with Crippen molar-refractivity contribution in [3.05, 3.63) is 58.7 Å². The Bertz CT molecular complexity index is 1160. The number of aromatic nitrogens is 1. The van der Waals surface area contributed by atoms with Gasteiger partial charge in [-0.1, -0.05) is 35.0 Å². The molecule has 1 aliphatic carbocycles. The maximum absolute atomic E-state index is 12.5. The van der Waals surface area contributed by atoms with Gasteiger partial charge >= 0.3 is 0 Å². The third kappa shape index (κ3) is 3.96. The molecule has 5 rings (SSSR count). The van der Waals surface area contributed by atoms with Crippen molar-refractivity contribution < 1.29 is 9.32 Å². The lowest BCUT2D eigenvalue weighted by Crippen LogP contribution is -2.15. The molecule has 2 heterocycles. The van der Waals surface area contributed by atoms with Gasteiger partial charge in [-0.3, -0.25) is 9.79 Å². The number of aryl methyl sites for hydroxylation is 1. The number of halogens is 1. The molecule has 0 atom stereocenters. The number of carbonyl (C=O) groups excluding carboxylic acids is 1. The summed E-state index contributed by atoms with van der Waals surface area (Å²) in [6.45, 7) is 2.79. The van der Waals surface area contributed by atoms with Gasteiger partial charge in [0.05, 0.1) is 39.9 Å². The Balaban J connectivity index is 1.52. The molecule has 1 saturated carbocycles. The number of anilines is 2. The Morgan fingerprint density at radius 3 is 2.80 bits per heavy atom. The fourth-order valence-electron chi connectivity index (χ4n) is 3.52. The van der Waals surface area contributed by atoms with Crippen LogP contribution in [-0.2, 0) is 4.79 Å². The van der Waals surface area contributed by atoms with Gasteiger partial charge in [0.25, 0.3) is 0 Å². The van der Waals surface area contributed by atoms with Gasteiger partial charge in [0.2, 0.25) is 5.91 Å². The zero-order valence-electron chi connectivity index (χ0n) is 16.5. The standard InChI is InChI=1S/C23H21ClN4O2/c1-13-7-22(30-28-13)16-4-2-3-15(8-16)18-11-23(29)27-20-9-17(24)19(10-21(20)26-18)25-12-14-5-6-14/h2-4,7-10,14,25H,5-6,11-12H2,1H3,(H,27,29). The highest BCUT2D eigenvalue weighted by atomic mass is 35.5. The fraction of sp³-hybridized carbons (Fsp3) is 0.261. The molecule has 7 heteroatoms. The first-order chi connectivity index (χ1) is 14.5. The van der Waals surface area contributed by atoms with E-state index in [1.807, 2.05) is 43.3 Å². The predicted octanol–water partition coefficient (Wildman–Crippen LogP) is 5.59.